The summed E-state index contributed by atoms with van der Waals surface area (Å²) in [7, 11) is 0. The van der Waals surface area contributed by atoms with Crippen LogP contribution in [0, 0.1) is 0 Å². The van der Waals surface area contributed by atoms with Crippen molar-refractivity contribution in [3.05, 3.63) is 105 Å². The molecule has 3 aromatic carbocycles. The summed E-state index contributed by atoms with van der Waals surface area (Å²) in [5.74, 6) is -0.0618. The maximum Gasteiger partial charge on any atom is 0.249 e. The lowest BCUT2D eigenvalue weighted by Gasteiger charge is -2.26. The molecule has 4 rings (SSSR count). The number of benzene rings is 3. The fourth-order valence-corrected chi connectivity index (χ4v) is 3.99. The van der Waals surface area contributed by atoms with Crippen molar-refractivity contribution in [1.82, 2.24) is 4.90 Å². The van der Waals surface area contributed by atoms with Crippen molar-refractivity contribution in [3.63, 3.8) is 0 Å². The van der Waals surface area contributed by atoms with Crippen molar-refractivity contribution in [2.24, 2.45) is 0 Å². The zero-order valence-corrected chi connectivity index (χ0v) is 16.7. The van der Waals surface area contributed by atoms with Crippen LogP contribution in [0.4, 0.5) is 0 Å². The first-order valence-electron chi connectivity index (χ1n) is 9.07. The van der Waals surface area contributed by atoms with Crippen LogP contribution in [0.1, 0.15) is 28.3 Å². The number of nitrogens with zero attached hydrogens (tertiary/aromatic N) is 1. The fourth-order valence-electron chi connectivity index (χ4n) is 3.60. The first-order valence-corrected chi connectivity index (χ1v) is 9.83. The molecular weight excluding hydrogens is 393 g/mol. The Morgan fingerprint density at radius 1 is 1.00 bits per heavy atom. The van der Waals surface area contributed by atoms with Gasteiger partial charge in [0.15, 0.2) is 0 Å². The van der Waals surface area contributed by atoms with Crippen molar-refractivity contribution >= 4 is 29.1 Å². The van der Waals surface area contributed by atoms with Gasteiger partial charge in [-0.25, -0.2) is 0 Å². The van der Waals surface area contributed by atoms with E-state index in [0.717, 1.165) is 22.3 Å². The van der Waals surface area contributed by atoms with Crippen LogP contribution in [0.2, 0.25) is 10.0 Å². The zero-order chi connectivity index (χ0) is 19.5. The van der Waals surface area contributed by atoms with Gasteiger partial charge in [0.25, 0.3) is 0 Å². The topological polar surface area (TPSA) is 29.5 Å². The number of ether oxygens (including phenoxy) is 1. The summed E-state index contributed by atoms with van der Waals surface area (Å²) in [5, 5.41) is 1.30. The highest BCUT2D eigenvalue weighted by Gasteiger charge is 2.34. The van der Waals surface area contributed by atoms with E-state index in [0.29, 0.717) is 23.2 Å². The molecule has 0 bridgehead atoms. The van der Waals surface area contributed by atoms with Crippen LogP contribution in [0.15, 0.2) is 72.8 Å². The van der Waals surface area contributed by atoms with Crippen LogP contribution in [-0.2, 0) is 22.7 Å². The maximum atomic E-state index is 13.0. The number of carbonyl (C=O) groups excluding carboxylic acids is 1. The number of amides is 1. The summed E-state index contributed by atoms with van der Waals surface area (Å²) >= 11 is 12.4. The summed E-state index contributed by atoms with van der Waals surface area (Å²) in [6, 6.07) is 23.1. The minimum absolute atomic E-state index is 0.00369. The van der Waals surface area contributed by atoms with E-state index >= 15 is 0 Å². The van der Waals surface area contributed by atoms with Gasteiger partial charge in [-0.15, -0.1) is 0 Å². The smallest absolute Gasteiger partial charge is 0.249 e. The normalized spacial score (nSPS) is 15.5. The van der Waals surface area contributed by atoms with Gasteiger partial charge in [0.1, 0.15) is 6.61 Å². The highest BCUT2D eigenvalue weighted by atomic mass is 35.5. The van der Waals surface area contributed by atoms with E-state index in [4.69, 9.17) is 27.9 Å². The minimum Gasteiger partial charge on any atom is -0.367 e. The highest BCUT2D eigenvalue weighted by Crippen LogP contribution is 2.39. The molecule has 3 nitrogen and oxygen atoms in total. The van der Waals surface area contributed by atoms with E-state index in [9.17, 15) is 4.79 Å². The summed E-state index contributed by atoms with van der Waals surface area (Å²) in [4.78, 5) is 14.8. The molecule has 0 N–H and O–H groups in total. The molecule has 0 saturated heterocycles. The van der Waals surface area contributed by atoms with Gasteiger partial charge in [0.05, 0.1) is 12.6 Å². The number of halogens is 2. The van der Waals surface area contributed by atoms with Crippen molar-refractivity contribution in [1.29, 1.82) is 0 Å². The first kappa shape index (κ1) is 19.0. The summed E-state index contributed by atoms with van der Waals surface area (Å²) < 4.78 is 5.68. The molecular formula is C23H19Cl2NO2. The Balaban J connectivity index is 1.52. The van der Waals surface area contributed by atoms with Crippen molar-refractivity contribution < 1.29 is 9.53 Å². The zero-order valence-electron chi connectivity index (χ0n) is 15.1. The first-order chi connectivity index (χ1) is 13.6. The second kappa shape index (κ2) is 8.36. The second-order valence-electron chi connectivity index (χ2n) is 6.76. The van der Waals surface area contributed by atoms with Gasteiger partial charge in [-0.2, -0.15) is 0 Å². The van der Waals surface area contributed by atoms with Crippen LogP contribution in [-0.4, -0.2) is 17.4 Å². The minimum atomic E-state index is -0.161. The number of carbonyl (C=O) groups is 1. The molecule has 28 heavy (non-hydrogen) atoms. The molecule has 1 aliphatic rings. The van der Waals surface area contributed by atoms with E-state index < -0.39 is 0 Å². The predicted molar refractivity (Wildman–Crippen MR) is 111 cm³/mol. The summed E-state index contributed by atoms with van der Waals surface area (Å²) in [6.45, 7) is 0.853. The van der Waals surface area contributed by atoms with E-state index in [2.05, 4.69) is 12.1 Å². The number of hydrogen-bond acceptors (Lipinski definition) is 2. The standard InChI is InChI=1S/C23H19Cl2NO2/c24-19-9-5-8-16(12-19)23-20-10-3-1-6-17(20)13-26(23)22(27)15-28-14-18-7-2-4-11-21(18)25/h1-12,23H,13-15H2. The largest absolute Gasteiger partial charge is 0.367 e. The van der Waals surface area contributed by atoms with Crippen molar-refractivity contribution in [3.8, 4) is 0 Å². The average molecular weight is 412 g/mol. The Morgan fingerprint density at radius 3 is 2.61 bits per heavy atom. The average Bonchev–Trinajstić information content (AvgIpc) is 3.09. The number of rotatable bonds is 5. The fraction of sp³-hybridized carbons (Fsp3) is 0.174. The Bertz CT molecular complexity index is 1010. The van der Waals surface area contributed by atoms with Crippen LogP contribution >= 0.6 is 23.2 Å². The Labute approximate surface area is 174 Å². The lowest BCUT2D eigenvalue weighted by atomic mass is 9.98. The van der Waals surface area contributed by atoms with Gasteiger partial charge in [-0.3, -0.25) is 4.79 Å². The quantitative estimate of drug-likeness (QED) is 0.543. The molecule has 5 heteroatoms. The van der Waals surface area contributed by atoms with Gasteiger partial charge in [-0.05, 0) is 40.5 Å². The molecule has 1 amide bonds. The van der Waals surface area contributed by atoms with Crippen LogP contribution in [0.5, 0.6) is 0 Å². The van der Waals surface area contributed by atoms with Gasteiger partial charge >= 0.3 is 0 Å². The molecule has 0 aliphatic carbocycles. The molecule has 0 saturated carbocycles. The van der Waals surface area contributed by atoms with Crippen LogP contribution in [0.25, 0.3) is 0 Å². The molecule has 1 atom stereocenters. The van der Waals surface area contributed by atoms with E-state index in [1.54, 1.807) is 0 Å². The summed E-state index contributed by atoms with van der Waals surface area (Å²) in [6.07, 6.45) is 0. The Hall–Kier alpha value is -2.33. The lowest BCUT2D eigenvalue weighted by molar-refractivity contribution is -0.138. The Morgan fingerprint density at radius 2 is 1.79 bits per heavy atom. The third kappa shape index (κ3) is 3.93. The van der Waals surface area contributed by atoms with Gasteiger partial charge in [-0.1, -0.05) is 77.8 Å². The molecule has 3 aromatic rings. The monoisotopic (exact) mass is 411 g/mol. The van der Waals surface area contributed by atoms with E-state index in [-0.39, 0.29) is 18.6 Å². The van der Waals surface area contributed by atoms with Gasteiger partial charge in [0, 0.05) is 16.6 Å². The molecule has 0 radical (unpaired) electrons. The third-order valence-corrected chi connectivity index (χ3v) is 5.53. The lowest BCUT2D eigenvalue weighted by Crippen LogP contribution is -2.33. The molecule has 0 spiro atoms. The van der Waals surface area contributed by atoms with Crippen LogP contribution < -0.4 is 0 Å². The van der Waals surface area contributed by atoms with Crippen LogP contribution in [0.3, 0.4) is 0 Å². The van der Waals surface area contributed by atoms with E-state index in [1.165, 1.54) is 0 Å². The SMILES string of the molecule is O=C(COCc1ccccc1Cl)N1Cc2ccccc2C1c1cccc(Cl)c1. The predicted octanol–water partition coefficient (Wildman–Crippen LogP) is 5.64. The second-order valence-corrected chi connectivity index (χ2v) is 7.61. The molecule has 1 aliphatic heterocycles. The highest BCUT2D eigenvalue weighted by molar-refractivity contribution is 6.31. The third-order valence-electron chi connectivity index (χ3n) is 4.93. The molecule has 1 heterocycles. The van der Waals surface area contributed by atoms with Gasteiger partial charge in [0.2, 0.25) is 5.91 Å². The number of hydrogen-bond donors (Lipinski definition) is 0. The molecule has 1 unspecified atom stereocenters. The Kier molecular flexibility index (Phi) is 5.67. The molecule has 142 valence electrons. The number of fused-ring (bicyclic) bond motifs is 1. The van der Waals surface area contributed by atoms with Crippen molar-refractivity contribution in [2.45, 2.75) is 19.2 Å². The maximum absolute atomic E-state index is 13.0. The molecule has 0 fully saturated rings. The van der Waals surface area contributed by atoms with Gasteiger partial charge < -0.3 is 9.64 Å². The van der Waals surface area contributed by atoms with Crippen molar-refractivity contribution in [2.75, 3.05) is 6.61 Å². The summed E-state index contributed by atoms with van der Waals surface area (Å²) in [5.41, 5.74) is 4.14. The molecule has 0 aromatic heterocycles. The van der Waals surface area contributed by atoms with E-state index in [1.807, 2.05) is 65.6 Å².